The van der Waals surface area contributed by atoms with Gasteiger partial charge < -0.3 is 16.4 Å². The van der Waals surface area contributed by atoms with Gasteiger partial charge in [-0.1, -0.05) is 12.1 Å². The van der Waals surface area contributed by atoms with E-state index in [2.05, 4.69) is 10.6 Å². The number of hydrogen-bond donors (Lipinski definition) is 3. The Morgan fingerprint density at radius 1 is 1.11 bits per heavy atom. The van der Waals surface area contributed by atoms with Gasteiger partial charge in [0.1, 0.15) is 5.82 Å². The molecule has 0 heterocycles. The first-order valence-electron chi connectivity index (χ1n) is 6.27. The molecule has 0 aliphatic rings. The van der Waals surface area contributed by atoms with Crippen LogP contribution >= 0.6 is 0 Å². The van der Waals surface area contributed by atoms with E-state index in [0.29, 0.717) is 12.2 Å². The normalized spacial score (nSPS) is 10.3. The van der Waals surface area contributed by atoms with Crippen LogP contribution in [0.4, 0.5) is 21.5 Å². The average Bonchev–Trinajstić information content (AvgIpc) is 2.44. The van der Waals surface area contributed by atoms with Crippen LogP contribution in [0.5, 0.6) is 0 Å². The number of anilines is 3. The summed E-state index contributed by atoms with van der Waals surface area (Å²) < 4.78 is 13.5. The largest absolute Gasteiger partial charge is 0.395 e. The lowest BCUT2D eigenvalue weighted by Gasteiger charge is -2.14. The van der Waals surface area contributed by atoms with E-state index in [1.54, 1.807) is 6.07 Å². The van der Waals surface area contributed by atoms with Gasteiger partial charge >= 0.3 is 0 Å². The van der Waals surface area contributed by atoms with Gasteiger partial charge in [-0.3, -0.25) is 0 Å². The summed E-state index contributed by atoms with van der Waals surface area (Å²) in [5.41, 5.74) is 9.57. The minimum atomic E-state index is -0.397. The Morgan fingerprint density at radius 2 is 1.79 bits per heavy atom. The molecular weight excluding hydrogens is 241 g/mol. The van der Waals surface area contributed by atoms with Crippen LogP contribution in [0.15, 0.2) is 36.4 Å². The third-order valence-corrected chi connectivity index (χ3v) is 3.03. The lowest BCUT2D eigenvalue weighted by atomic mass is 10.0. The van der Waals surface area contributed by atoms with E-state index in [-0.39, 0.29) is 5.69 Å². The molecule has 0 saturated carbocycles. The van der Waals surface area contributed by atoms with Gasteiger partial charge in [-0.25, -0.2) is 4.39 Å². The predicted octanol–water partition coefficient (Wildman–Crippen LogP) is 3.55. The lowest BCUT2D eigenvalue weighted by Crippen LogP contribution is -2.04. The second-order valence-corrected chi connectivity index (χ2v) is 4.24. The first-order valence-corrected chi connectivity index (χ1v) is 6.27. The maximum atomic E-state index is 13.5. The summed E-state index contributed by atoms with van der Waals surface area (Å²) in [5, 5.41) is 6.20. The smallest absolute Gasteiger partial charge is 0.148 e. The minimum absolute atomic E-state index is 0.164. The summed E-state index contributed by atoms with van der Waals surface area (Å²) in [6.45, 7) is 2.65. The molecule has 0 aliphatic carbocycles. The summed E-state index contributed by atoms with van der Waals surface area (Å²) >= 11 is 0. The van der Waals surface area contributed by atoms with Crippen molar-refractivity contribution in [3.8, 4) is 11.1 Å². The number of hydrogen-bond acceptors (Lipinski definition) is 3. The van der Waals surface area contributed by atoms with Crippen molar-refractivity contribution in [2.45, 2.75) is 6.92 Å². The van der Waals surface area contributed by atoms with E-state index in [1.165, 1.54) is 6.07 Å². The summed E-state index contributed by atoms with van der Waals surface area (Å²) in [5.74, 6) is -0.397. The molecule has 0 fully saturated rings. The lowest BCUT2D eigenvalue weighted by molar-refractivity contribution is 0.633. The third-order valence-electron chi connectivity index (χ3n) is 3.03. The van der Waals surface area contributed by atoms with E-state index in [1.807, 2.05) is 38.2 Å². The van der Waals surface area contributed by atoms with Gasteiger partial charge in [-0.05, 0) is 36.8 Å². The maximum Gasteiger partial charge on any atom is 0.148 e. The molecule has 2 aromatic rings. The highest BCUT2D eigenvalue weighted by molar-refractivity contribution is 5.86. The van der Waals surface area contributed by atoms with Gasteiger partial charge in [-0.15, -0.1) is 0 Å². The molecule has 0 spiro atoms. The van der Waals surface area contributed by atoms with Crippen molar-refractivity contribution >= 4 is 17.1 Å². The molecule has 3 nitrogen and oxygen atoms in total. The molecule has 0 saturated heterocycles. The van der Waals surface area contributed by atoms with E-state index in [9.17, 15) is 4.39 Å². The van der Waals surface area contributed by atoms with Crippen LogP contribution in [0.1, 0.15) is 6.92 Å². The molecule has 4 heteroatoms. The Bertz CT molecular complexity index is 564. The van der Waals surface area contributed by atoms with Crippen molar-refractivity contribution in [3.63, 3.8) is 0 Å². The predicted molar refractivity (Wildman–Crippen MR) is 80.0 cm³/mol. The van der Waals surface area contributed by atoms with E-state index >= 15 is 0 Å². The van der Waals surface area contributed by atoms with Gasteiger partial charge in [0.15, 0.2) is 0 Å². The Hall–Kier alpha value is -2.23. The molecule has 19 heavy (non-hydrogen) atoms. The summed E-state index contributed by atoms with van der Waals surface area (Å²) in [4.78, 5) is 0. The summed E-state index contributed by atoms with van der Waals surface area (Å²) in [6, 6.07) is 11.1. The SMILES string of the molecule is CCNc1c(-c2ccc(NC)cc2)ccc(F)c1N. The van der Waals surface area contributed by atoms with Crippen molar-refractivity contribution < 1.29 is 4.39 Å². The van der Waals surface area contributed by atoms with Crippen LogP contribution in [0.2, 0.25) is 0 Å². The molecule has 2 aromatic carbocycles. The zero-order valence-electron chi connectivity index (χ0n) is 11.1. The van der Waals surface area contributed by atoms with Crippen LogP contribution in [-0.4, -0.2) is 13.6 Å². The van der Waals surface area contributed by atoms with Gasteiger partial charge in [0.05, 0.1) is 11.4 Å². The van der Waals surface area contributed by atoms with E-state index in [4.69, 9.17) is 5.73 Å². The average molecular weight is 259 g/mol. The van der Waals surface area contributed by atoms with Gasteiger partial charge in [0, 0.05) is 24.8 Å². The second kappa shape index (κ2) is 5.61. The van der Waals surface area contributed by atoms with Gasteiger partial charge in [-0.2, -0.15) is 0 Å². The number of benzene rings is 2. The van der Waals surface area contributed by atoms with Gasteiger partial charge in [0.2, 0.25) is 0 Å². The van der Waals surface area contributed by atoms with Crippen LogP contribution < -0.4 is 16.4 Å². The zero-order valence-corrected chi connectivity index (χ0v) is 11.1. The van der Waals surface area contributed by atoms with Crippen molar-refractivity contribution in [1.29, 1.82) is 0 Å². The van der Waals surface area contributed by atoms with Crippen LogP contribution in [0.3, 0.4) is 0 Å². The van der Waals surface area contributed by atoms with Gasteiger partial charge in [0.25, 0.3) is 0 Å². The molecule has 0 unspecified atom stereocenters. The van der Waals surface area contributed by atoms with Crippen molar-refractivity contribution in [1.82, 2.24) is 0 Å². The number of nitrogens with one attached hydrogen (secondary N) is 2. The van der Waals surface area contributed by atoms with Crippen molar-refractivity contribution in [2.24, 2.45) is 0 Å². The molecule has 2 rings (SSSR count). The Balaban J connectivity index is 2.50. The fourth-order valence-corrected chi connectivity index (χ4v) is 2.02. The van der Waals surface area contributed by atoms with Crippen LogP contribution in [0, 0.1) is 5.82 Å². The zero-order chi connectivity index (χ0) is 13.8. The number of halogens is 1. The molecule has 0 bridgehead atoms. The molecule has 0 aromatic heterocycles. The van der Waals surface area contributed by atoms with E-state index in [0.717, 1.165) is 16.8 Å². The Morgan fingerprint density at radius 3 is 2.37 bits per heavy atom. The standard InChI is InChI=1S/C15H18FN3/c1-3-19-15-12(8-9-13(16)14(15)17)10-4-6-11(18-2)7-5-10/h4-9,18-19H,3,17H2,1-2H3. The summed E-state index contributed by atoms with van der Waals surface area (Å²) in [7, 11) is 1.87. The number of nitrogens with two attached hydrogens (primary N) is 1. The molecular formula is C15H18FN3. The van der Waals surface area contributed by atoms with Crippen LogP contribution in [0.25, 0.3) is 11.1 Å². The first kappa shape index (κ1) is 13.2. The number of nitrogen functional groups attached to an aromatic ring is 1. The first-order chi connectivity index (χ1) is 9.17. The fraction of sp³-hybridized carbons (Fsp3) is 0.200. The second-order valence-electron chi connectivity index (χ2n) is 4.24. The fourth-order valence-electron chi connectivity index (χ4n) is 2.02. The number of rotatable bonds is 4. The van der Waals surface area contributed by atoms with Crippen molar-refractivity contribution in [3.05, 3.63) is 42.2 Å². The Kier molecular flexibility index (Phi) is 3.90. The molecule has 0 aliphatic heterocycles. The maximum absolute atomic E-state index is 13.5. The molecule has 0 amide bonds. The Labute approximate surface area is 112 Å². The highest BCUT2D eigenvalue weighted by Crippen LogP contribution is 2.34. The quantitative estimate of drug-likeness (QED) is 0.736. The summed E-state index contributed by atoms with van der Waals surface area (Å²) in [6.07, 6.45) is 0. The van der Waals surface area contributed by atoms with E-state index < -0.39 is 5.82 Å². The highest BCUT2D eigenvalue weighted by Gasteiger charge is 2.11. The molecule has 0 radical (unpaired) electrons. The highest BCUT2D eigenvalue weighted by atomic mass is 19.1. The monoisotopic (exact) mass is 259 g/mol. The van der Waals surface area contributed by atoms with Crippen LogP contribution in [-0.2, 0) is 0 Å². The topological polar surface area (TPSA) is 50.1 Å². The third kappa shape index (κ3) is 2.62. The molecule has 0 atom stereocenters. The molecule has 4 N–H and O–H groups in total. The van der Waals surface area contributed by atoms with Crippen molar-refractivity contribution in [2.75, 3.05) is 30.0 Å². The molecule has 100 valence electrons. The minimum Gasteiger partial charge on any atom is -0.395 e.